The number of hydrogen-bond acceptors (Lipinski definition) is 7. The van der Waals surface area contributed by atoms with E-state index in [-0.39, 0.29) is 18.0 Å². The molecule has 9 heteroatoms. The Labute approximate surface area is 198 Å². The number of ether oxygens (including phenoxy) is 1. The van der Waals surface area contributed by atoms with E-state index in [4.69, 9.17) is 4.74 Å². The maximum atomic E-state index is 12.8. The molecule has 2 aliphatic heterocycles. The predicted octanol–water partition coefficient (Wildman–Crippen LogP) is 1.69. The molecule has 1 unspecified atom stereocenters. The van der Waals surface area contributed by atoms with Crippen LogP contribution < -0.4 is 0 Å². The fourth-order valence-corrected chi connectivity index (χ4v) is 4.61. The van der Waals surface area contributed by atoms with E-state index in [0.29, 0.717) is 12.0 Å². The third-order valence-electron chi connectivity index (χ3n) is 6.55. The first kappa shape index (κ1) is 22.2. The topological polar surface area (TPSA) is 93.5 Å². The molecule has 2 aromatic carbocycles. The maximum Gasteiger partial charge on any atom is 0.338 e. The number of benzene rings is 2. The van der Waals surface area contributed by atoms with Crippen LogP contribution in [-0.2, 0) is 28.8 Å². The van der Waals surface area contributed by atoms with Gasteiger partial charge in [-0.25, -0.2) is 9.48 Å². The number of aromatic nitrogens is 4. The van der Waals surface area contributed by atoms with Crippen LogP contribution in [0.2, 0.25) is 0 Å². The first-order chi connectivity index (χ1) is 16.5. The van der Waals surface area contributed by atoms with Crippen LogP contribution in [-0.4, -0.2) is 80.7 Å². The minimum absolute atomic E-state index is 0.0650. The van der Waals surface area contributed by atoms with Gasteiger partial charge >= 0.3 is 5.97 Å². The van der Waals surface area contributed by atoms with Crippen molar-refractivity contribution >= 4 is 11.9 Å². The van der Waals surface area contributed by atoms with Gasteiger partial charge in [0.05, 0.1) is 17.7 Å². The van der Waals surface area contributed by atoms with E-state index < -0.39 is 0 Å². The van der Waals surface area contributed by atoms with Crippen LogP contribution in [0, 0.1) is 0 Å². The molecule has 2 aliphatic rings. The molecule has 0 saturated carbocycles. The van der Waals surface area contributed by atoms with Crippen LogP contribution in [0.4, 0.5) is 0 Å². The van der Waals surface area contributed by atoms with E-state index in [1.807, 2.05) is 48.2 Å². The number of esters is 1. The lowest BCUT2D eigenvalue weighted by molar-refractivity contribution is -0.132. The maximum absolute atomic E-state index is 12.8. The zero-order valence-electron chi connectivity index (χ0n) is 19.3. The fraction of sp³-hybridized carbons (Fsp3) is 0.400. The third kappa shape index (κ3) is 4.99. The number of fused-ring (bicyclic) bond motifs is 1. The summed E-state index contributed by atoms with van der Waals surface area (Å²) in [5.74, 6) is -0.0601. The van der Waals surface area contributed by atoms with Crippen molar-refractivity contribution in [3.05, 3.63) is 71.0 Å². The molecule has 1 amide bonds. The highest BCUT2D eigenvalue weighted by atomic mass is 16.5. The Bertz CT molecular complexity index is 1150. The van der Waals surface area contributed by atoms with Crippen molar-refractivity contribution < 1.29 is 14.3 Å². The van der Waals surface area contributed by atoms with Crippen LogP contribution in [0.25, 0.3) is 5.69 Å². The zero-order chi connectivity index (χ0) is 23.5. The molecular weight excluding hydrogens is 432 g/mol. The Morgan fingerprint density at radius 1 is 1.06 bits per heavy atom. The molecule has 1 fully saturated rings. The molecule has 3 heterocycles. The van der Waals surface area contributed by atoms with Gasteiger partial charge in [-0.15, -0.1) is 5.10 Å². The molecular formula is C25H28N6O3. The van der Waals surface area contributed by atoms with Crippen LogP contribution in [0.3, 0.4) is 0 Å². The molecule has 0 radical (unpaired) electrons. The SMILES string of the molecule is CC1Cc2cc(CCN3CCN(C(=O)Cc4ccc(-n5cnnn5)cc4)CC3)ccc2C(=O)O1. The van der Waals surface area contributed by atoms with Crippen LogP contribution in [0.1, 0.15) is 34.0 Å². The molecule has 176 valence electrons. The highest BCUT2D eigenvalue weighted by Crippen LogP contribution is 2.22. The number of amides is 1. The van der Waals surface area contributed by atoms with Gasteiger partial charge in [0.15, 0.2) is 0 Å². The van der Waals surface area contributed by atoms with Crippen molar-refractivity contribution in [3.63, 3.8) is 0 Å². The Hall–Kier alpha value is -3.59. The van der Waals surface area contributed by atoms with E-state index >= 15 is 0 Å². The second kappa shape index (κ2) is 9.72. The van der Waals surface area contributed by atoms with Gasteiger partial charge in [0.2, 0.25) is 5.91 Å². The molecule has 1 aromatic heterocycles. The molecule has 3 aromatic rings. The van der Waals surface area contributed by atoms with E-state index in [9.17, 15) is 9.59 Å². The average Bonchev–Trinajstić information content (AvgIpc) is 3.38. The number of carbonyl (C=O) groups excluding carboxylic acids is 2. The Balaban J connectivity index is 1.09. The molecule has 0 bridgehead atoms. The molecule has 0 aliphatic carbocycles. The number of tetrazole rings is 1. The molecule has 0 spiro atoms. The minimum atomic E-state index is -0.218. The third-order valence-corrected chi connectivity index (χ3v) is 6.55. The van der Waals surface area contributed by atoms with E-state index in [1.54, 1.807) is 11.0 Å². The Morgan fingerprint density at radius 3 is 2.56 bits per heavy atom. The summed E-state index contributed by atoms with van der Waals surface area (Å²) in [7, 11) is 0. The summed E-state index contributed by atoms with van der Waals surface area (Å²) in [6, 6.07) is 13.8. The molecule has 0 N–H and O–H groups in total. The summed E-state index contributed by atoms with van der Waals surface area (Å²) in [6.45, 7) is 6.11. The molecule has 34 heavy (non-hydrogen) atoms. The Morgan fingerprint density at radius 2 is 1.82 bits per heavy atom. The largest absolute Gasteiger partial charge is 0.459 e. The zero-order valence-corrected chi connectivity index (χ0v) is 19.3. The smallest absolute Gasteiger partial charge is 0.338 e. The normalized spacial score (nSPS) is 18.4. The monoisotopic (exact) mass is 460 g/mol. The quantitative estimate of drug-likeness (QED) is 0.517. The lowest BCUT2D eigenvalue weighted by Gasteiger charge is -2.35. The number of hydrogen-bond donors (Lipinski definition) is 0. The summed E-state index contributed by atoms with van der Waals surface area (Å²) in [4.78, 5) is 29.2. The van der Waals surface area contributed by atoms with Gasteiger partial charge in [0.1, 0.15) is 12.4 Å². The second-order valence-corrected chi connectivity index (χ2v) is 8.98. The first-order valence-electron chi connectivity index (χ1n) is 11.7. The number of cyclic esters (lactones) is 1. The summed E-state index contributed by atoms with van der Waals surface area (Å²) in [6.07, 6.45) is 3.58. The lowest BCUT2D eigenvalue weighted by Crippen LogP contribution is -2.49. The van der Waals surface area contributed by atoms with Gasteiger partial charge in [0.25, 0.3) is 0 Å². The minimum Gasteiger partial charge on any atom is -0.459 e. The second-order valence-electron chi connectivity index (χ2n) is 8.98. The summed E-state index contributed by atoms with van der Waals surface area (Å²) in [5, 5.41) is 11.2. The van der Waals surface area contributed by atoms with Gasteiger partial charge in [-0.2, -0.15) is 0 Å². The van der Waals surface area contributed by atoms with E-state index in [2.05, 4.69) is 26.5 Å². The van der Waals surface area contributed by atoms with Crippen molar-refractivity contribution in [2.75, 3.05) is 32.7 Å². The van der Waals surface area contributed by atoms with Crippen molar-refractivity contribution in [1.82, 2.24) is 30.0 Å². The van der Waals surface area contributed by atoms with Crippen molar-refractivity contribution in [3.8, 4) is 5.69 Å². The molecule has 9 nitrogen and oxygen atoms in total. The van der Waals surface area contributed by atoms with Crippen LogP contribution >= 0.6 is 0 Å². The van der Waals surface area contributed by atoms with Gasteiger partial charge < -0.3 is 9.64 Å². The summed E-state index contributed by atoms with van der Waals surface area (Å²) >= 11 is 0. The van der Waals surface area contributed by atoms with E-state index in [1.165, 1.54) is 5.56 Å². The van der Waals surface area contributed by atoms with Crippen molar-refractivity contribution in [2.45, 2.75) is 32.3 Å². The highest BCUT2D eigenvalue weighted by Gasteiger charge is 2.24. The van der Waals surface area contributed by atoms with E-state index in [0.717, 1.165) is 62.4 Å². The van der Waals surface area contributed by atoms with Gasteiger partial charge in [-0.3, -0.25) is 9.69 Å². The van der Waals surface area contributed by atoms with Gasteiger partial charge in [-0.05, 0) is 58.7 Å². The summed E-state index contributed by atoms with van der Waals surface area (Å²) in [5.41, 5.74) is 4.86. The number of piperazine rings is 1. The molecule has 1 saturated heterocycles. The highest BCUT2D eigenvalue weighted by molar-refractivity contribution is 5.92. The van der Waals surface area contributed by atoms with Gasteiger partial charge in [-0.1, -0.05) is 24.3 Å². The van der Waals surface area contributed by atoms with Crippen molar-refractivity contribution in [2.24, 2.45) is 0 Å². The standard InChI is InChI=1S/C25H28N6O3/c1-18-14-21-15-20(4-7-23(21)25(33)34-18)8-9-29-10-12-30(13-11-29)24(32)16-19-2-5-22(6-3-19)31-17-26-27-28-31/h2-7,15,17-18H,8-14,16H2,1H3. The summed E-state index contributed by atoms with van der Waals surface area (Å²) < 4.78 is 6.89. The molecule has 5 rings (SSSR count). The van der Waals surface area contributed by atoms with Crippen LogP contribution in [0.15, 0.2) is 48.8 Å². The number of rotatable bonds is 6. The lowest BCUT2D eigenvalue weighted by atomic mass is 9.96. The number of carbonyl (C=O) groups is 2. The number of nitrogens with zero attached hydrogens (tertiary/aromatic N) is 6. The fourth-order valence-electron chi connectivity index (χ4n) is 4.61. The predicted molar refractivity (Wildman–Crippen MR) is 125 cm³/mol. The average molecular weight is 461 g/mol. The van der Waals surface area contributed by atoms with Gasteiger partial charge in [0, 0.05) is 39.1 Å². The Kier molecular flexibility index (Phi) is 6.35. The van der Waals surface area contributed by atoms with Crippen molar-refractivity contribution in [1.29, 1.82) is 0 Å². The first-order valence-corrected chi connectivity index (χ1v) is 11.7. The van der Waals surface area contributed by atoms with Crippen LogP contribution in [0.5, 0.6) is 0 Å². The molecule has 1 atom stereocenters.